The number of aromatic nitrogens is 2. The Morgan fingerprint density at radius 2 is 2.10 bits per heavy atom. The van der Waals surface area contributed by atoms with E-state index in [-0.39, 0.29) is 0 Å². The summed E-state index contributed by atoms with van der Waals surface area (Å²) in [6, 6.07) is 6.79. The van der Waals surface area contributed by atoms with Crippen LogP contribution in [-0.2, 0) is 0 Å². The van der Waals surface area contributed by atoms with Crippen LogP contribution in [0, 0.1) is 13.8 Å². The van der Waals surface area contributed by atoms with E-state index in [9.17, 15) is 4.79 Å². The molecule has 110 valence electrons. The van der Waals surface area contributed by atoms with Gasteiger partial charge >= 0.3 is 6.03 Å². The maximum absolute atomic E-state index is 11.5. The molecule has 2 N–H and O–H groups in total. The van der Waals surface area contributed by atoms with Gasteiger partial charge < -0.3 is 5.73 Å². The number of urea groups is 1. The third-order valence-corrected chi connectivity index (χ3v) is 4.35. The Balaban J connectivity index is 1.97. The second kappa shape index (κ2) is 7.19. The van der Waals surface area contributed by atoms with Crippen LogP contribution >= 0.6 is 23.1 Å². The number of amides is 2. The van der Waals surface area contributed by atoms with Gasteiger partial charge in [0.1, 0.15) is 5.01 Å². The highest BCUT2D eigenvalue weighted by Gasteiger charge is 2.10. The molecule has 21 heavy (non-hydrogen) atoms. The summed E-state index contributed by atoms with van der Waals surface area (Å²) in [5, 5.41) is 14.1. The molecule has 1 heterocycles. The number of rotatable bonds is 5. The number of hydrogen-bond acceptors (Lipinski definition) is 6. The number of nitrogens with two attached hydrogens (primary N) is 1. The Morgan fingerprint density at radius 3 is 2.67 bits per heavy atom. The fourth-order valence-corrected chi connectivity index (χ4v) is 3.10. The number of carbonyl (C=O) groups is 1. The third kappa shape index (κ3) is 4.54. The van der Waals surface area contributed by atoms with E-state index < -0.39 is 6.03 Å². The fraction of sp³-hybridized carbons (Fsp3) is 0.231. The second-order valence-corrected chi connectivity index (χ2v) is 6.63. The molecule has 1 aromatic heterocycles. The standard InChI is InChI=1S/C13H15N5OS2/c1-9-3-5-11(6-4-9)18(12(14)19)15-7-8-20-13-17-16-10(2)21-13/h3-7H,8H2,1-2H3,(H2,14,19). The summed E-state index contributed by atoms with van der Waals surface area (Å²) in [4.78, 5) is 11.5. The molecule has 0 bridgehead atoms. The van der Waals surface area contributed by atoms with E-state index in [4.69, 9.17) is 5.73 Å². The van der Waals surface area contributed by atoms with Gasteiger partial charge in [0.2, 0.25) is 0 Å². The maximum Gasteiger partial charge on any atom is 0.339 e. The number of primary amides is 1. The molecule has 0 unspecified atom stereocenters. The predicted molar refractivity (Wildman–Crippen MR) is 87.1 cm³/mol. The van der Waals surface area contributed by atoms with Gasteiger partial charge in [-0.25, -0.2) is 4.79 Å². The van der Waals surface area contributed by atoms with Crippen LogP contribution in [0.4, 0.5) is 10.5 Å². The van der Waals surface area contributed by atoms with E-state index in [0.717, 1.165) is 14.9 Å². The highest BCUT2D eigenvalue weighted by atomic mass is 32.2. The van der Waals surface area contributed by atoms with E-state index >= 15 is 0 Å². The summed E-state index contributed by atoms with van der Waals surface area (Å²) >= 11 is 3.03. The number of aryl methyl sites for hydroxylation is 2. The van der Waals surface area contributed by atoms with Crippen molar-refractivity contribution in [1.82, 2.24) is 10.2 Å². The topological polar surface area (TPSA) is 84.5 Å². The molecular formula is C13H15N5OS2. The smallest absolute Gasteiger partial charge is 0.339 e. The minimum absolute atomic E-state index is 0.588. The molecule has 2 aromatic rings. The van der Waals surface area contributed by atoms with Gasteiger partial charge in [0.25, 0.3) is 0 Å². The Bertz CT molecular complexity index is 638. The molecule has 0 saturated heterocycles. The van der Waals surface area contributed by atoms with Gasteiger partial charge in [-0.05, 0) is 26.0 Å². The first-order valence-corrected chi connectivity index (χ1v) is 7.98. The molecular weight excluding hydrogens is 306 g/mol. The van der Waals surface area contributed by atoms with Crippen LogP contribution in [0.1, 0.15) is 10.6 Å². The van der Waals surface area contributed by atoms with Gasteiger partial charge in [-0.1, -0.05) is 40.8 Å². The zero-order chi connectivity index (χ0) is 15.2. The first-order valence-electron chi connectivity index (χ1n) is 6.18. The zero-order valence-electron chi connectivity index (χ0n) is 11.7. The molecule has 6 nitrogen and oxygen atoms in total. The van der Waals surface area contributed by atoms with Crippen molar-refractivity contribution in [1.29, 1.82) is 0 Å². The van der Waals surface area contributed by atoms with Gasteiger partial charge in [0.05, 0.1) is 5.69 Å². The van der Waals surface area contributed by atoms with Crippen molar-refractivity contribution in [2.24, 2.45) is 10.8 Å². The summed E-state index contributed by atoms with van der Waals surface area (Å²) in [7, 11) is 0. The van der Waals surface area contributed by atoms with Gasteiger partial charge in [-0.3, -0.25) is 0 Å². The molecule has 8 heteroatoms. The van der Waals surface area contributed by atoms with Crippen molar-refractivity contribution in [2.45, 2.75) is 18.2 Å². The van der Waals surface area contributed by atoms with Crippen LogP contribution < -0.4 is 10.7 Å². The lowest BCUT2D eigenvalue weighted by Crippen LogP contribution is -2.31. The van der Waals surface area contributed by atoms with Crippen molar-refractivity contribution in [3.8, 4) is 0 Å². The molecule has 0 spiro atoms. The van der Waals surface area contributed by atoms with Crippen molar-refractivity contribution in [2.75, 3.05) is 10.8 Å². The zero-order valence-corrected chi connectivity index (χ0v) is 13.3. The lowest BCUT2D eigenvalue weighted by atomic mass is 10.2. The van der Waals surface area contributed by atoms with Crippen molar-refractivity contribution < 1.29 is 4.79 Å². The highest BCUT2D eigenvalue weighted by molar-refractivity contribution is 8.01. The van der Waals surface area contributed by atoms with Crippen molar-refractivity contribution in [3.63, 3.8) is 0 Å². The van der Waals surface area contributed by atoms with E-state index in [1.807, 2.05) is 26.0 Å². The average Bonchev–Trinajstić information content (AvgIpc) is 2.85. The normalized spacial score (nSPS) is 11.0. The van der Waals surface area contributed by atoms with Crippen LogP contribution in [0.5, 0.6) is 0 Å². The number of nitrogens with zero attached hydrogens (tertiary/aromatic N) is 4. The summed E-state index contributed by atoms with van der Waals surface area (Å²) < 4.78 is 0.875. The molecule has 0 saturated carbocycles. The molecule has 0 radical (unpaired) electrons. The SMILES string of the molecule is Cc1ccc(N(N=CCSc2nnc(C)s2)C(N)=O)cc1. The highest BCUT2D eigenvalue weighted by Crippen LogP contribution is 2.21. The maximum atomic E-state index is 11.5. The Morgan fingerprint density at radius 1 is 1.38 bits per heavy atom. The van der Waals surface area contributed by atoms with E-state index in [0.29, 0.717) is 11.4 Å². The summed E-state index contributed by atoms with van der Waals surface area (Å²) in [6.45, 7) is 3.88. The lowest BCUT2D eigenvalue weighted by Gasteiger charge is -2.14. The molecule has 0 fully saturated rings. The summed E-state index contributed by atoms with van der Waals surface area (Å²) in [5.74, 6) is 0.588. The summed E-state index contributed by atoms with van der Waals surface area (Å²) in [5.41, 5.74) is 7.10. The van der Waals surface area contributed by atoms with Crippen LogP contribution in [0.25, 0.3) is 0 Å². The molecule has 1 aromatic carbocycles. The second-order valence-electron chi connectivity index (χ2n) is 4.18. The van der Waals surface area contributed by atoms with E-state index in [2.05, 4.69) is 15.3 Å². The number of hydrazone groups is 1. The fourth-order valence-electron chi connectivity index (χ4n) is 1.50. The van der Waals surface area contributed by atoms with Crippen molar-refractivity contribution in [3.05, 3.63) is 34.8 Å². The quantitative estimate of drug-likeness (QED) is 0.521. The van der Waals surface area contributed by atoms with Crippen LogP contribution in [0.2, 0.25) is 0 Å². The number of benzene rings is 1. The minimum atomic E-state index is -0.619. The molecule has 0 aliphatic carbocycles. The first kappa shape index (κ1) is 15.5. The molecule has 0 aliphatic heterocycles. The van der Waals surface area contributed by atoms with Gasteiger partial charge in [-0.2, -0.15) is 10.1 Å². The Kier molecular flexibility index (Phi) is 5.29. The third-order valence-electron chi connectivity index (χ3n) is 2.47. The predicted octanol–water partition coefficient (Wildman–Crippen LogP) is 2.82. The van der Waals surface area contributed by atoms with Gasteiger partial charge in [-0.15, -0.1) is 10.2 Å². The molecule has 2 amide bonds. The number of hydrogen-bond donors (Lipinski definition) is 1. The van der Waals surface area contributed by atoms with Crippen LogP contribution in [-0.4, -0.2) is 28.2 Å². The first-order chi connectivity index (χ1) is 10.1. The lowest BCUT2D eigenvalue weighted by molar-refractivity contribution is 0.254. The van der Waals surface area contributed by atoms with Crippen LogP contribution in [0.15, 0.2) is 33.7 Å². The van der Waals surface area contributed by atoms with Crippen LogP contribution in [0.3, 0.4) is 0 Å². The monoisotopic (exact) mass is 321 g/mol. The molecule has 2 rings (SSSR count). The minimum Gasteiger partial charge on any atom is -0.350 e. The largest absolute Gasteiger partial charge is 0.350 e. The average molecular weight is 321 g/mol. The summed E-state index contributed by atoms with van der Waals surface area (Å²) in [6.07, 6.45) is 1.63. The van der Waals surface area contributed by atoms with Gasteiger partial charge in [0, 0.05) is 12.0 Å². The number of thioether (sulfide) groups is 1. The van der Waals surface area contributed by atoms with Gasteiger partial charge in [0.15, 0.2) is 4.34 Å². The van der Waals surface area contributed by atoms with Crippen molar-refractivity contribution >= 4 is 41.0 Å². The van der Waals surface area contributed by atoms with E-state index in [1.54, 1.807) is 18.3 Å². The number of carbonyl (C=O) groups excluding carboxylic acids is 1. The Hall–Kier alpha value is -1.93. The molecule has 0 aliphatic rings. The molecule has 0 atom stereocenters. The number of anilines is 1. The Labute approximate surface area is 131 Å². The van der Waals surface area contributed by atoms with E-state index in [1.165, 1.54) is 28.1 Å².